The number of amides is 1. The Morgan fingerprint density at radius 3 is 2.75 bits per heavy atom. The average Bonchev–Trinajstić information content (AvgIpc) is 3.18. The molecule has 0 bridgehead atoms. The molecule has 1 saturated heterocycles. The van der Waals surface area contributed by atoms with E-state index in [0.29, 0.717) is 25.2 Å². The van der Waals surface area contributed by atoms with Crippen molar-refractivity contribution < 1.29 is 9.18 Å². The SMILES string of the molecule is CC(C)N(CC(=O)N1CCS[C@@H]1c1ccc(F)cc1)Cc1cccc(C#N)c1. The van der Waals surface area contributed by atoms with Crippen LogP contribution in [0, 0.1) is 17.1 Å². The second-order valence-corrected chi connectivity index (χ2v) is 8.36. The number of nitriles is 1. The molecule has 6 heteroatoms. The smallest absolute Gasteiger partial charge is 0.237 e. The molecule has 0 N–H and O–H groups in total. The van der Waals surface area contributed by atoms with E-state index in [1.54, 1.807) is 30.0 Å². The summed E-state index contributed by atoms with van der Waals surface area (Å²) < 4.78 is 13.2. The van der Waals surface area contributed by atoms with Crippen molar-refractivity contribution in [3.05, 3.63) is 71.0 Å². The average molecular weight is 398 g/mol. The van der Waals surface area contributed by atoms with E-state index in [4.69, 9.17) is 5.26 Å². The van der Waals surface area contributed by atoms with Crippen molar-refractivity contribution in [2.75, 3.05) is 18.8 Å². The highest BCUT2D eigenvalue weighted by Crippen LogP contribution is 2.38. The first-order valence-electron chi connectivity index (χ1n) is 9.37. The van der Waals surface area contributed by atoms with Crippen LogP contribution in [0.5, 0.6) is 0 Å². The van der Waals surface area contributed by atoms with E-state index in [1.807, 2.05) is 23.1 Å². The van der Waals surface area contributed by atoms with Gasteiger partial charge in [0.25, 0.3) is 0 Å². The second kappa shape index (κ2) is 9.22. The topological polar surface area (TPSA) is 47.3 Å². The number of carbonyl (C=O) groups excluding carboxylic acids is 1. The van der Waals surface area contributed by atoms with Crippen LogP contribution in [0.1, 0.15) is 35.9 Å². The molecule has 1 aliphatic heterocycles. The predicted octanol–water partition coefficient (Wildman–Crippen LogP) is 4.18. The molecule has 1 aliphatic rings. The Balaban J connectivity index is 1.71. The van der Waals surface area contributed by atoms with E-state index in [0.717, 1.165) is 16.9 Å². The molecule has 1 atom stereocenters. The normalized spacial score (nSPS) is 16.6. The van der Waals surface area contributed by atoms with Crippen molar-refractivity contribution >= 4 is 17.7 Å². The fourth-order valence-corrected chi connectivity index (χ4v) is 4.57. The van der Waals surface area contributed by atoms with Gasteiger partial charge in [-0.05, 0) is 49.2 Å². The van der Waals surface area contributed by atoms with Crippen LogP contribution < -0.4 is 0 Å². The first-order chi connectivity index (χ1) is 13.5. The molecular weight excluding hydrogens is 373 g/mol. The molecule has 146 valence electrons. The van der Waals surface area contributed by atoms with Crippen LogP contribution in [0.15, 0.2) is 48.5 Å². The molecule has 2 aromatic rings. The van der Waals surface area contributed by atoms with E-state index < -0.39 is 0 Å². The number of hydrogen-bond donors (Lipinski definition) is 0. The van der Waals surface area contributed by atoms with Gasteiger partial charge in [0, 0.05) is 24.9 Å². The Bertz CT molecular complexity index is 863. The number of rotatable bonds is 6. The summed E-state index contributed by atoms with van der Waals surface area (Å²) in [6.45, 7) is 5.75. The molecule has 3 rings (SSSR count). The van der Waals surface area contributed by atoms with E-state index in [-0.39, 0.29) is 23.1 Å². The zero-order valence-electron chi connectivity index (χ0n) is 16.1. The first-order valence-corrected chi connectivity index (χ1v) is 10.4. The lowest BCUT2D eigenvalue weighted by Crippen LogP contribution is -2.42. The monoisotopic (exact) mass is 397 g/mol. The van der Waals surface area contributed by atoms with Crippen LogP contribution in [0.4, 0.5) is 4.39 Å². The summed E-state index contributed by atoms with van der Waals surface area (Å²) in [7, 11) is 0. The fraction of sp³-hybridized carbons (Fsp3) is 0.364. The van der Waals surface area contributed by atoms with Crippen molar-refractivity contribution in [1.82, 2.24) is 9.80 Å². The third kappa shape index (κ3) is 4.92. The molecular formula is C22H24FN3OS. The Morgan fingerprint density at radius 1 is 1.32 bits per heavy atom. The van der Waals surface area contributed by atoms with E-state index >= 15 is 0 Å². The van der Waals surface area contributed by atoms with Crippen LogP contribution in [-0.2, 0) is 11.3 Å². The minimum Gasteiger partial charge on any atom is -0.325 e. The van der Waals surface area contributed by atoms with Crippen molar-refractivity contribution in [1.29, 1.82) is 5.26 Å². The van der Waals surface area contributed by atoms with Gasteiger partial charge in [-0.1, -0.05) is 24.3 Å². The maximum atomic E-state index is 13.2. The minimum absolute atomic E-state index is 0.0657. The number of nitrogens with zero attached hydrogens (tertiary/aromatic N) is 3. The van der Waals surface area contributed by atoms with Gasteiger partial charge in [-0.2, -0.15) is 5.26 Å². The van der Waals surface area contributed by atoms with E-state index in [2.05, 4.69) is 24.8 Å². The summed E-state index contributed by atoms with van der Waals surface area (Å²) in [6.07, 6.45) is 0. The van der Waals surface area contributed by atoms with Crippen LogP contribution in [0.2, 0.25) is 0 Å². The van der Waals surface area contributed by atoms with Gasteiger partial charge < -0.3 is 4.90 Å². The number of carbonyl (C=O) groups is 1. The van der Waals surface area contributed by atoms with Gasteiger partial charge >= 0.3 is 0 Å². The molecule has 1 fully saturated rings. The molecule has 1 amide bonds. The van der Waals surface area contributed by atoms with Crippen molar-refractivity contribution in [3.8, 4) is 6.07 Å². The summed E-state index contributed by atoms with van der Waals surface area (Å²) in [5, 5.41) is 9.03. The van der Waals surface area contributed by atoms with Crippen LogP contribution in [0.25, 0.3) is 0 Å². The van der Waals surface area contributed by atoms with Gasteiger partial charge in [0.05, 0.1) is 18.2 Å². The zero-order chi connectivity index (χ0) is 20.1. The van der Waals surface area contributed by atoms with Crippen molar-refractivity contribution in [3.63, 3.8) is 0 Å². The van der Waals surface area contributed by atoms with Crippen LogP contribution in [0.3, 0.4) is 0 Å². The second-order valence-electron chi connectivity index (χ2n) is 7.17. The maximum Gasteiger partial charge on any atom is 0.237 e. The van der Waals surface area contributed by atoms with E-state index in [9.17, 15) is 9.18 Å². The van der Waals surface area contributed by atoms with Gasteiger partial charge in [-0.3, -0.25) is 9.69 Å². The molecule has 0 saturated carbocycles. The van der Waals surface area contributed by atoms with Crippen molar-refractivity contribution in [2.45, 2.75) is 31.8 Å². The molecule has 1 heterocycles. The molecule has 0 aliphatic carbocycles. The third-order valence-electron chi connectivity index (χ3n) is 4.88. The lowest BCUT2D eigenvalue weighted by atomic mass is 10.1. The van der Waals surface area contributed by atoms with Crippen LogP contribution in [-0.4, -0.2) is 40.6 Å². The fourth-order valence-electron chi connectivity index (χ4n) is 3.29. The summed E-state index contributed by atoms with van der Waals surface area (Å²) in [5.74, 6) is 0.680. The lowest BCUT2D eigenvalue weighted by molar-refractivity contribution is -0.133. The highest BCUT2D eigenvalue weighted by Gasteiger charge is 2.31. The predicted molar refractivity (Wildman–Crippen MR) is 110 cm³/mol. The Kier molecular flexibility index (Phi) is 6.71. The highest BCUT2D eigenvalue weighted by molar-refractivity contribution is 7.99. The zero-order valence-corrected chi connectivity index (χ0v) is 17.0. The molecule has 4 nitrogen and oxygen atoms in total. The van der Waals surface area contributed by atoms with Gasteiger partial charge in [-0.15, -0.1) is 11.8 Å². The molecule has 0 unspecified atom stereocenters. The molecule has 0 aromatic heterocycles. The van der Waals surface area contributed by atoms with Gasteiger partial charge in [0.2, 0.25) is 5.91 Å². The Morgan fingerprint density at radius 2 is 2.07 bits per heavy atom. The summed E-state index contributed by atoms with van der Waals surface area (Å²) >= 11 is 1.71. The Labute approximate surface area is 169 Å². The first kappa shape index (κ1) is 20.4. The molecule has 2 aromatic carbocycles. The number of thioether (sulfide) groups is 1. The van der Waals surface area contributed by atoms with Crippen LogP contribution >= 0.6 is 11.8 Å². The standard InChI is InChI=1S/C22H24FN3OS/c1-16(2)25(14-18-5-3-4-17(12-18)13-24)15-21(27)26-10-11-28-22(26)19-6-8-20(23)9-7-19/h3-9,12,16,22H,10-11,14-15H2,1-2H3/t22-/m1/s1. The van der Waals surface area contributed by atoms with E-state index in [1.165, 1.54) is 12.1 Å². The van der Waals surface area contributed by atoms with Gasteiger partial charge in [0.15, 0.2) is 0 Å². The molecule has 0 radical (unpaired) electrons. The number of benzene rings is 2. The minimum atomic E-state index is -0.268. The number of halogens is 1. The highest BCUT2D eigenvalue weighted by atomic mass is 32.2. The van der Waals surface area contributed by atoms with Gasteiger partial charge in [0.1, 0.15) is 11.2 Å². The van der Waals surface area contributed by atoms with Crippen molar-refractivity contribution in [2.24, 2.45) is 0 Å². The van der Waals surface area contributed by atoms with Gasteiger partial charge in [-0.25, -0.2) is 4.39 Å². The largest absolute Gasteiger partial charge is 0.325 e. The maximum absolute atomic E-state index is 13.2. The molecule has 28 heavy (non-hydrogen) atoms. The third-order valence-corrected chi connectivity index (χ3v) is 6.14. The quantitative estimate of drug-likeness (QED) is 0.734. The lowest BCUT2D eigenvalue weighted by Gasteiger charge is -2.30. The summed E-state index contributed by atoms with van der Waals surface area (Å²) in [6, 6.07) is 16.2. The summed E-state index contributed by atoms with van der Waals surface area (Å²) in [4.78, 5) is 17.1. The summed E-state index contributed by atoms with van der Waals surface area (Å²) in [5.41, 5.74) is 2.60. The molecule has 0 spiro atoms. The Hall–Kier alpha value is -2.36. The number of hydrogen-bond acceptors (Lipinski definition) is 4.